The molecule has 1 atom stereocenters. The van der Waals surface area contributed by atoms with E-state index in [1.165, 1.54) is 6.07 Å². The van der Waals surface area contributed by atoms with Gasteiger partial charge in [0.05, 0.1) is 11.6 Å². The number of nitrogens with one attached hydrogen (secondary N) is 2. The van der Waals surface area contributed by atoms with Gasteiger partial charge in [-0.05, 0) is 32.4 Å². The topological polar surface area (TPSA) is 58.5 Å². The van der Waals surface area contributed by atoms with E-state index in [0.717, 1.165) is 30.1 Å². The SMILES string of the molecule is CN=C(NCCCc1nc(C)cs1)NCC(C)Oc1ccccc1F. The van der Waals surface area contributed by atoms with Gasteiger partial charge in [-0.1, -0.05) is 12.1 Å². The zero-order chi connectivity index (χ0) is 18.1. The van der Waals surface area contributed by atoms with Gasteiger partial charge in [-0.2, -0.15) is 0 Å². The highest BCUT2D eigenvalue weighted by atomic mass is 32.1. The Morgan fingerprint density at radius 3 is 2.84 bits per heavy atom. The molecular formula is C18H25FN4OS. The zero-order valence-electron chi connectivity index (χ0n) is 14.9. The molecule has 2 aromatic rings. The van der Waals surface area contributed by atoms with Crippen molar-refractivity contribution in [3.63, 3.8) is 0 Å². The molecule has 1 aromatic heterocycles. The summed E-state index contributed by atoms with van der Waals surface area (Å²) in [5, 5.41) is 9.68. The van der Waals surface area contributed by atoms with Crippen LogP contribution in [0.2, 0.25) is 0 Å². The Balaban J connectivity index is 1.66. The summed E-state index contributed by atoms with van der Waals surface area (Å²) in [6, 6.07) is 6.41. The number of para-hydroxylation sites is 1. The lowest BCUT2D eigenvalue weighted by Gasteiger charge is -2.18. The molecule has 0 amide bonds. The molecule has 1 aromatic carbocycles. The number of aryl methyl sites for hydroxylation is 2. The average molecular weight is 364 g/mol. The third kappa shape index (κ3) is 6.70. The van der Waals surface area contributed by atoms with E-state index in [4.69, 9.17) is 4.74 Å². The summed E-state index contributed by atoms with van der Waals surface area (Å²) >= 11 is 1.70. The molecule has 0 aliphatic rings. The molecular weight excluding hydrogens is 339 g/mol. The Hall–Kier alpha value is -2.15. The van der Waals surface area contributed by atoms with Gasteiger partial charge in [0.25, 0.3) is 0 Å². The summed E-state index contributed by atoms with van der Waals surface area (Å²) in [4.78, 5) is 8.64. The number of aliphatic imine (C=N–C) groups is 1. The van der Waals surface area contributed by atoms with Crippen molar-refractivity contribution in [3.05, 3.63) is 46.2 Å². The van der Waals surface area contributed by atoms with E-state index < -0.39 is 0 Å². The van der Waals surface area contributed by atoms with Crippen LogP contribution < -0.4 is 15.4 Å². The van der Waals surface area contributed by atoms with Gasteiger partial charge in [-0.25, -0.2) is 9.37 Å². The lowest BCUT2D eigenvalue weighted by molar-refractivity contribution is 0.214. The molecule has 136 valence electrons. The van der Waals surface area contributed by atoms with Gasteiger partial charge in [-0.3, -0.25) is 4.99 Å². The van der Waals surface area contributed by atoms with E-state index in [2.05, 4.69) is 26.0 Å². The number of ether oxygens (including phenoxy) is 1. The molecule has 0 radical (unpaired) electrons. The van der Waals surface area contributed by atoms with Gasteiger partial charge >= 0.3 is 0 Å². The smallest absolute Gasteiger partial charge is 0.191 e. The highest BCUT2D eigenvalue weighted by Crippen LogP contribution is 2.16. The number of halogens is 1. The fourth-order valence-electron chi connectivity index (χ4n) is 2.22. The number of benzene rings is 1. The molecule has 0 saturated heterocycles. The number of hydrogen-bond donors (Lipinski definition) is 2. The zero-order valence-corrected chi connectivity index (χ0v) is 15.7. The maximum Gasteiger partial charge on any atom is 0.191 e. The van der Waals surface area contributed by atoms with Gasteiger partial charge in [0, 0.05) is 31.1 Å². The number of hydrogen-bond acceptors (Lipinski definition) is 4. The number of rotatable bonds is 8. The van der Waals surface area contributed by atoms with E-state index in [1.807, 2.05) is 13.8 Å². The first kappa shape index (κ1) is 19.2. The van der Waals surface area contributed by atoms with E-state index >= 15 is 0 Å². The molecule has 0 saturated carbocycles. The Bertz CT molecular complexity index is 689. The molecule has 2 N–H and O–H groups in total. The summed E-state index contributed by atoms with van der Waals surface area (Å²) < 4.78 is 19.2. The lowest BCUT2D eigenvalue weighted by Crippen LogP contribution is -2.42. The van der Waals surface area contributed by atoms with E-state index in [9.17, 15) is 4.39 Å². The molecule has 1 unspecified atom stereocenters. The van der Waals surface area contributed by atoms with Gasteiger partial charge < -0.3 is 15.4 Å². The third-order valence-corrected chi connectivity index (χ3v) is 4.50. The van der Waals surface area contributed by atoms with Crippen molar-refractivity contribution in [2.45, 2.75) is 32.8 Å². The number of nitrogens with zero attached hydrogens (tertiary/aromatic N) is 2. The first-order chi connectivity index (χ1) is 12.1. The second-order valence-corrected chi connectivity index (χ2v) is 6.67. The minimum absolute atomic E-state index is 0.186. The van der Waals surface area contributed by atoms with Crippen LogP contribution in [-0.4, -0.2) is 37.2 Å². The standard InChI is InChI=1S/C18H25FN4OS/c1-13-12-25-17(23-13)9-6-10-21-18(20-3)22-11-14(2)24-16-8-5-4-7-15(16)19/h4-5,7-8,12,14H,6,9-11H2,1-3H3,(H2,20,21,22). The van der Waals surface area contributed by atoms with Crippen LogP contribution in [0.4, 0.5) is 4.39 Å². The van der Waals surface area contributed by atoms with Crippen LogP contribution in [0, 0.1) is 12.7 Å². The summed E-state index contributed by atoms with van der Waals surface area (Å²) in [5.74, 6) is 0.618. The number of guanidine groups is 1. The minimum atomic E-state index is -0.353. The quantitative estimate of drug-likeness (QED) is 0.429. The van der Waals surface area contributed by atoms with Crippen LogP contribution in [0.25, 0.3) is 0 Å². The second kappa shape index (κ2) is 9.98. The summed E-state index contributed by atoms with van der Waals surface area (Å²) in [7, 11) is 1.72. The van der Waals surface area contributed by atoms with E-state index in [1.54, 1.807) is 36.6 Å². The molecule has 25 heavy (non-hydrogen) atoms. The predicted octanol–water partition coefficient (Wildman–Crippen LogP) is 3.16. The Morgan fingerprint density at radius 1 is 1.36 bits per heavy atom. The van der Waals surface area contributed by atoms with Gasteiger partial charge in [0.2, 0.25) is 0 Å². The number of aromatic nitrogens is 1. The molecule has 2 rings (SSSR count). The largest absolute Gasteiger partial charge is 0.486 e. The first-order valence-corrected chi connectivity index (χ1v) is 9.23. The molecule has 5 nitrogen and oxygen atoms in total. The normalized spacial score (nSPS) is 12.7. The summed E-state index contributed by atoms with van der Waals surface area (Å²) in [6.07, 6.45) is 1.75. The fraction of sp³-hybridized carbons (Fsp3) is 0.444. The van der Waals surface area contributed by atoms with Gasteiger partial charge in [0.1, 0.15) is 6.10 Å². The molecule has 0 aliphatic carbocycles. The molecule has 0 bridgehead atoms. The van der Waals surface area contributed by atoms with E-state index in [-0.39, 0.29) is 17.7 Å². The van der Waals surface area contributed by atoms with Crippen LogP contribution in [-0.2, 0) is 6.42 Å². The summed E-state index contributed by atoms with van der Waals surface area (Å²) in [5.41, 5.74) is 1.08. The molecule has 0 aliphatic heterocycles. The lowest BCUT2D eigenvalue weighted by atomic mass is 10.3. The Kier molecular flexibility index (Phi) is 7.66. The maximum atomic E-state index is 13.6. The van der Waals surface area contributed by atoms with Crippen molar-refractivity contribution in [1.29, 1.82) is 0 Å². The maximum absolute atomic E-state index is 13.6. The van der Waals surface area contributed by atoms with Crippen LogP contribution in [0.5, 0.6) is 5.75 Å². The first-order valence-electron chi connectivity index (χ1n) is 8.35. The van der Waals surface area contributed by atoms with Crippen LogP contribution in [0.15, 0.2) is 34.6 Å². The highest BCUT2D eigenvalue weighted by molar-refractivity contribution is 7.09. The Morgan fingerprint density at radius 2 is 2.16 bits per heavy atom. The van der Waals surface area contributed by atoms with Crippen molar-refractivity contribution in [2.75, 3.05) is 20.1 Å². The minimum Gasteiger partial charge on any atom is -0.486 e. The summed E-state index contributed by atoms with van der Waals surface area (Å²) in [6.45, 7) is 5.23. The molecule has 0 fully saturated rings. The van der Waals surface area contributed by atoms with Gasteiger partial charge in [-0.15, -0.1) is 11.3 Å². The number of thiazole rings is 1. The predicted molar refractivity (Wildman–Crippen MR) is 101 cm³/mol. The van der Waals surface area contributed by atoms with Gasteiger partial charge in [0.15, 0.2) is 17.5 Å². The van der Waals surface area contributed by atoms with Crippen LogP contribution in [0.1, 0.15) is 24.0 Å². The highest BCUT2D eigenvalue weighted by Gasteiger charge is 2.08. The van der Waals surface area contributed by atoms with Crippen molar-refractivity contribution in [3.8, 4) is 5.75 Å². The molecule has 1 heterocycles. The third-order valence-electron chi connectivity index (χ3n) is 3.47. The van der Waals surface area contributed by atoms with Crippen LogP contribution in [0.3, 0.4) is 0 Å². The fourth-order valence-corrected chi connectivity index (χ4v) is 3.04. The second-order valence-electron chi connectivity index (χ2n) is 5.72. The van der Waals surface area contributed by atoms with Crippen molar-refractivity contribution < 1.29 is 9.13 Å². The van der Waals surface area contributed by atoms with Crippen molar-refractivity contribution in [2.24, 2.45) is 4.99 Å². The molecule has 7 heteroatoms. The Labute approximate surface area is 152 Å². The van der Waals surface area contributed by atoms with Crippen LogP contribution >= 0.6 is 11.3 Å². The van der Waals surface area contributed by atoms with Crippen molar-refractivity contribution in [1.82, 2.24) is 15.6 Å². The van der Waals surface area contributed by atoms with E-state index in [0.29, 0.717) is 12.5 Å². The monoisotopic (exact) mass is 364 g/mol. The van der Waals surface area contributed by atoms with Crippen molar-refractivity contribution >= 4 is 17.3 Å². The average Bonchev–Trinajstić information content (AvgIpc) is 3.01. The molecule has 0 spiro atoms.